The van der Waals surface area contributed by atoms with Crippen molar-refractivity contribution >= 4 is 32.4 Å². The highest BCUT2D eigenvalue weighted by molar-refractivity contribution is 7.89. The normalized spacial score (nSPS) is 15.2. The lowest BCUT2D eigenvalue weighted by molar-refractivity contribution is -0.385. The molecule has 0 saturated carbocycles. The number of carbonyl (C=O) groups is 1. The number of hydrogen-bond acceptors (Lipinski definition) is 5. The van der Waals surface area contributed by atoms with E-state index < -0.39 is 14.9 Å². The van der Waals surface area contributed by atoms with Crippen molar-refractivity contribution in [3.8, 4) is 0 Å². The second-order valence-electron chi connectivity index (χ2n) is 7.46. The molecule has 0 N–H and O–H groups in total. The van der Waals surface area contributed by atoms with Gasteiger partial charge in [0.15, 0.2) is 0 Å². The maximum absolute atomic E-state index is 13.0. The van der Waals surface area contributed by atoms with Gasteiger partial charge in [-0.3, -0.25) is 14.9 Å². The van der Waals surface area contributed by atoms with E-state index in [0.29, 0.717) is 11.1 Å². The summed E-state index contributed by atoms with van der Waals surface area (Å²) in [5.41, 5.74) is 0.727. The Morgan fingerprint density at radius 1 is 0.935 bits per heavy atom. The summed E-state index contributed by atoms with van der Waals surface area (Å²) in [7, 11) is -3.89. The molecule has 1 heterocycles. The van der Waals surface area contributed by atoms with Crippen molar-refractivity contribution in [1.29, 1.82) is 0 Å². The minimum atomic E-state index is -3.89. The summed E-state index contributed by atoms with van der Waals surface area (Å²) in [6, 6.07) is 17.2. The number of carbonyl (C=O) groups excluding carboxylic acids is 1. The molecular formula is C22H21N3O5S. The zero-order valence-corrected chi connectivity index (χ0v) is 17.7. The van der Waals surface area contributed by atoms with Gasteiger partial charge in [-0.1, -0.05) is 36.4 Å². The minimum Gasteiger partial charge on any atom is -0.336 e. The van der Waals surface area contributed by atoms with Crippen LogP contribution in [0.2, 0.25) is 0 Å². The molecule has 8 nitrogen and oxygen atoms in total. The van der Waals surface area contributed by atoms with Crippen LogP contribution in [0.5, 0.6) is 0 Å². The summed E-state index contributed by atoms with van der Waals surface area (Å²) in [5.74, 6) is -0.145. The molecule has 0 unspecified atom stereocenters. The van der Waals surface area contributed by atoms with Gasteiger partial charge >= 0.3 is 0 Å². The first-order valence-corrected chi connectivity index (χ1v) is 11.2. The van der Waals surface area contributed by atoms with E-state index in [9.17, 15) is 23.3 Å². The van der Waals surface area contributed by atoms with Crippen LogP contribution < -0.4 is 0 Å². The Hall–Kier alpha value is -3.30. The summed E-state index contributed by atoms with van der Waals surface area (Å²) in [6.45, 7) is 2.32. The van der Waals surface area contributed by atoms with Crippen molar-refractivity contribution in [2.45, 2.75) is 11.8 Å². The third-order valence-electron chi connectivity index (χ3n) is 5.54. The highest BCUT2D eigenvalue weighted by atomic mass is 32.2. The number of sulfonamides is 1. The third kappa shape index (κ3) is 4.01. The van der Waals surface area contributed by atoms with Gasteiger partial charge in [0.25, 0.3) is 11.6 Å². The highest BCUT2D eigenvalue weighted by Gasteiger charge is 2.31. The average Bonchev–Trinajstić information content (AvgIpc) is 2.78. The van der Waals surface area contributed by atoms with Gasteiger partial charge in [-0.05, 0) is 35.9 Å². The SMILES string of the molecule is Cc1ccc(S(=O)(=O)N2CCN(C(=O)c3ccc4ccccc4c3)CC2)cc1[N+](=O)[O-]. The standard InChI is InChI=1S/C22H21N3O5S/c1-16-6-9-20(15-21(16)25(27)28)31(29,30)24-12-10-23(11-13-24)22(26)19-8-7-17-4-2-3-5-18(17)14-19/h2-9,14-15H,10-13H2,1H3. The Kier molecular flexibility index (Phi) is 5.47. The van der Waals surface area contributed by atoms with Gasteiger partial charge in [0.05, 0.1) is 9.82 Å². The quantitative estimate of drug-likeness (QED) is 0.459. The van der Waals surface area contributed by atoms with Crippen LogP contribution in [-0.4, -0.2) is 54.6 Å². The van der Waals surface area contributed by atoms with E-state index in [1.54, 1.807) is 17.9 Å². The lowest BCUT2D eigenvalue weighted by atomic mass is 10.1. The molecule has 3 aromatic carbocycles. The smallest absolute Gasteiger partial charge is 0.273 e. The van der Waals surface area contributed by atoms with Gasteiger partial charge in [0.1, 0.15) is 0 Å². The Bertz CT molecular complexity index is 1280. The number of rotatable bonds is 4. The minimum absolute atomic E-state index is 0.112. The third-order valence-corrected chi connectivity index (χ3v) is 7.43. The number of nitro groups is 1. The van der Waals surface area contributed by atoms with E-state index in [1.165, 1.54) is 16.4 Å². The fourth-order valence-corrected chi connectivity index (χ4v) is 5.17. The largest absolute Gasteiger partial charge is 0.336 e. The monoisotopic (exact) mass is 439 g/mol. The number of nitro benzene ring substituents is 1. The number of fused-ring (bicyclic) bond motifs is 1. The Labute approximate surface area is 179 Å². The van der Waals surface area contributed by atoms with Crippen LogP contribution in [-0.2, 0) is 10.0 Å². The van der Waals surface area contributed by atoms with Crippen molar-refractivity contribution < 1.29 is 18.1 Å². The molecule has 1 aliphatic rings. The fraction of sp³-hybridized carbons (Fsp3) is 0.227. The molecular weight excluding hydrogens is 418 g/mol. The van der Waals surface area contributed by atoms with Crippen LogP contribution in [0.3, 0.4) is 0 Å². The zero-order valence-electron chi connectivity index (χ0n) is 16.9. The average molecular weight is 439 g/mol. The number of aryl methyl sites for hydroxylation is 1. The summed E-state index contributed by atoms with van der Waals surface area (Å²) in [6.07, 6.45) is 0. The molecule has 0 radical (unpaired) electrons. The molecule has 4 rings (SSSR count). The lowest BCUT2D eigenvalue weighted by Gasteiger charge is -2.34. The van der Waals surface area contributed by atoms with Crippen LogP contribution in [0.1, 0.15) is 15.9 Å². The maximum atomic E-state index is 13.0. The number of benzene rings is 3. The van der Waals surface area contributed by atoms with Crippen molar-refractivity contribution in [2.75, 3.05) is 26.2 Å². The first kappa shape index (κ1) is 21.0. The predicted octanol–water partition coefficient (Wildman–Crippen LogP) is 3.20. The molecule has 160 valence electrons. The fourth-order valence-electron chi connectivity index (χ4n) is 3.73. The molecule has 9 heteroatoms. The summed E-state index contributed by atoms with van der Waals surface area (Å²) >= 11 is 0. The summed E-state index contributed by atoms with van der Waals surface area (Å²) < 4.78 is 27.2. The van der Waals surface area contributed by atoms with Crippen LogP contribution in [0.25, 0.3) is 10.8 Å². The van der Waals surface area contributed by atoms with Gasteiger partial charge in [-0.15, -0.1) is 0 Å². The van der Waals surface area contributed by atoms with Crippen LogP contribution in [0.15, 0.2) is 65.6 Å². The van der Waals surface area contributed by atoms with E-state index in [-0.39, 0.29) is 42.7 Å². The molecule has 1 saturated heterocycles. The van der Waals surface area contributed by atoms with Gasteiger partial charge in [0.2, 0.25) is 10.0 Å². The molecule has 1 amide bonds. The number of amides is 1. The molecule has 0 atom stereocenters. The first-order valence-electron chi connectivity index (χ1n) is 9.80. The predicted molar refractivity (Wildman–Crippen MR) is 116 cm³/mol. The van der Waals surface area contributed by atoms with Crippen LogP contribution >= 0.6 is 0 Å². The van der Waals surface area contributed by atoms with Gasteiger partial charge < -0.3 is 4.90 Å². The molecule has 0 bridgehead atoms. The molecule has 31 heavy (non-hydrogen) atoms. The van der Waals surface area contributed by atoms with Crippen molar-refractivity contribution in [3.63, 3.8) is 0 Å². The van der Waals surface area contributed by atoms with E-state index in [4.69, 9.17) is 0 Å². The molecule has 3 aromatic rings. The Balaban J connectivity index is 1.49. The molecule has 0 spiro atoms. The summed E-state index contributed by atoms with van der Waals surface area (Å²) in [4.78, 5) is 25.0. The summed E-state index contributed by atoms with van der Waals surface area (Å²) in [5, 5.41) is 13.2. The van der Waals surface area contributed by atoms with E-state index in [0.717, 1.165) is 16.8 Å². The zero-order chi connectivity index (χ0) is 22.2. The second kappa shape index (κ2) is 8.09. The van der Waals surface area contributed by atoms with Crippen molar-refractivity contribution in [3.05, 3.63) is 81.9 Å². The van der Waals surface area contributed by atoms with E-state index in [1.807, 2.05) is 36.4 Å². The van der Waals surface area contributed by atoms with Crippen LogP contribution in [0, 0.1) is 17.0 Å². The van der Waals surface area contributed by atoms with Crippen LogP contribution in [0.4, 0.5) is 5.69 Å². The number of piperazine rings is 1. The first-order chi connectivity index (χ1) is 14.8. The maximum Gasteiger partial charge on any atom is 0.273 e. The van der Waals surface area contributed by atoms with Gasteiger partial charge in [-0.25, -0.2) is 8.42 Å². The molecule has 0 aliphatic carbocycles. The second-order valence-corrected chi connectivity index (χ2v) is 9.40. The van der Waals surface area contributed by atoms with Gasteiger partial charge in [-0.2, -0.15) is 4.31 Å². The van der Waals surface area contributed by atoms with E-state index in [2.05, 4.69) is 0 Å². The lowest BCUT2D eigenvalue weighted by Crippen LogP contribution is -2.50. The Morgan fingerprint density at radius 2 is 1.61 bits per heavy atom. The molecule has 0 aromatic heterocycles. The van der Waals surface area contributed by atoms with Crippen molar-refractivity contribution in [1.82, 2.24) is 9.21 Å². The number of hydrogen-bond donors (Lipinski definition) is 0. The Morgan fingerprint density at radius 3 is 2.29 bits per heavy atom. The molecule has 1 aliphatic heterocycles. The van der Waals surface area contributed by atoms with Crippen molar-refractivity contribution in [2.24, 2.45) is 0 Å². The van der Waals surface area contributed by atoms with Gasteiger partial charge in [0, 0.05) is 43.4 Å². The number of nitrogens with zero attached hydrogens (tertiary/aromatic N) is 3. The molecule has 1 fully saturated rings. The highest BCUT2D eigenvalue weighted by Crippen LogP contribution is 2.25. The topological polar surface area (TPSA) is 101 Å². The van der Waals surface area contributed by atoms with E-state index >= 15 is 0 Å².